The zero-order valence-corrected chi connectivity index (χ0v) is 29.8. The van der Waals surface area contributed by atoms with Crippen LogP contribution in [0.5, 0.6) is 0 Å². The molecule has 10 aromatic rings. The van der Waals surface area contributed by atoms with E-state index in [4.69, 9.17) is 0 Å². The predicted molar refractivity (Wildman–Crippen MR) is 232 cm³/mol. The highest BCUT2D eigenvalue weighted by Gasteiger charge is 2.24. The van der Waals surface area contributed by atoms with E-state index in [1.54, 1.807) is 0 Å². The molecule has 0 aliphatic heterocycles. The van der Waals surface area contributed by atoms with Gasteiger partial charge < -0.3 is 0 Å². The molecule has 0 amide bonds. The van der Waals surface area contributed by atoms with Crippen LogP contribution in [0.1, 0.15) is 0 Å². The van der Waals surface area contributed by atoms with Crippen molar-refractivity contribution in [2.24, 2.45) is 0 Å². The van der Waals surface area contributed by atoms with Crippen molar-refractivity contribution in [3.8, 4) is 66.8 Å². The van der Waals surface area contributed by atoms with Crippen LogP contribution in [-0.4, -0.2) is 0 Å². The average Bonchev–Trinajstić information content (AvgIpc) is 3.26. The largest absolute Gasteiger partial charge is 0.0622 e. The second-order valence-corrected chi connectivity index (χ2v) is 14.0. The number of hydrogen-bond acceptors (Lipinski definition) is 0. The summed E-state index contributed by atoms with van der Waals surface area (Å²) in [7, 11) is 0. The van der Waals surface area contributed by atoms with Crippen molar-refractivity contribution in [3.05, 3.63) is 218 Å². The molecule has 252 valence electrons. The fourth-order valence-electron chi connectivity index (χ4n) is 8.30. The highest BCUT2D eigenvalue weighted by atomic mass is 14.3. The highest BCUT2D eigenvalue weighted by Crippen LogP contribution is 2.51. The molecular weight excluding hydrogens is 649 g/mol. The van der Waals surface area contributed by atoms with Gasteiger partial charge in [-0.25, -0.2) is 0 Å². The van der Waals surface area contributed by atoms with E-state index in [9.17, 15) is 0 Å². The summed E-state index contributed by atoms with van der Waals surface area (Å²) < 4.78 is 0. The minimum atomic E-state index is 1.20. The molecule has 0 aliphatic carbocycles. The normalized spacial score (nSPS) is 11.3. The summed E-state index contributed by atoms with van der Waals surface area (Å²) in [5.74, 6) is 0. The number of rotatable bonds is 6. The summed E-state index contributed by atoms with van der Waals surface area (Å²) in [5.41, 5.74) is 14.6. The summed E-state index contributed by atoms with van der Waals surface area (Å²) in [5, 5.41) is 7.45. The lowest BCUT2D eigenvalue weighted by Gasteiger charge is -2.24. The van der Waals surface area contributed by atoms with Crippen LogP contribution in [0, 0.1) is 0 Å². The maximum Gasteiger partial charge on any atom is -0.00137 e. The molecule has 0 bridgehead atoms. The van der Waals surface area contributed by atoms with E-state index in [-0.39, 0.29) is 0 Å². The first-order chi connectivity index (χ1) is 26.8. The van der Waals surface area contributed by atoms with Crippen LogP contribution in [0.4, 0.5) is 0 Å². The third-order valence-electron chi connectivity index (χ3n) is 10.8. The van der Waals surface area contributed by atoms with Gasteiger partial charge in [0, 0.05) is 0 Å². The summed E-state index contributed by atoms with van der Waals surface area (Å²) in [6.07, 6.45) is 0. The zero-order valence-electron chi connectivity index (χ0n) is 29.8. The van der Waals surface area contributed by atoms with Crippen molar-refractivity contribution in [3.63, 3.8) is 0 Å². The van der Waals surface area contributed by atoms with Gasteiger partial charge in [0.15, 0.2) is 0 Å². The highest BCUT2D eigenvalue weighted by molar-refractivity contribution is 6.25. The van der Waals surface area contributed by atoms with Crippen LogP contribution in [0.15, 0.2) is 218 Å². The molecule has 0 nitrogen and oxygen atoms in total. The summed E-state index contributed by atoms with van der Waals surface area (Å²) in [6, 6.07) is 79.9. The fraction of sp³-hybridized carbons (Fsp3) is 0. The minimum absolute atomic E-state index is 1.20. The van der Waals surface area contributed by atoms with E-state index in [0.717, 1.165) is 0 Å². The third kappa shape index (κ3) is 5.57. The molecular formula is C54H36. The minimum Gasteiger partial charge on any atom is -0.0622 e. The van der Waals surface area contributed by atoms with E-state index < -0.39 is 0 Å². The van der Waals surface area contributed by atoms with E-state index >= 15 is 0 Å². The average molecular weight is 685 g/mol. The summed E-state index contributed by atoms with van der Waals surface area (Å²) in [6.45, 7) is 0. The molecule has 0 unspecified atom stereocenters. The molecule has 10 rings (SSSR count). The molecule has 0 saturated carbocycles. The third-order valence-corrected chi connectivity index (χ3v) is 10.8. The van der Waals surface area contributed by atoms with Crippen molar-refractivity contribution in [1.82, 2.24) is 0 Å². The van der Waals surface area contributed by atoms with Gasteiger partial charge >= 0.3 is 0 Å². The molecule has 0 heteroatoms. The van der Waals surface area contributed by atoms with Gasteiger partial charge in [0.05, 0.1) is 0 Å². The van der Waals surface area contributed by atoms with Crippen LogP contribution in [-0.2, 0) is 0 Å². The monoisotopic (exact) mass is 684 g/mol. The Hall–Kier alpha value is -7.02. The van der Waals surface area contributed by atoms with Gasteiger partial charge in [0.1, 0.15) is 0 Å². The Kier molecular flexibility index (Phi) is 7.93. The lowest BCUT2D eigenvalue weighted by molar-refractivity contribution is 1.56. The Balaban J connectivity index is 1.36. The van der Waals surface area contributed by atoms with Crippen molar-refractivity contribution in [1.29, 1.82) is 0 Å². The molecule has 54 heavy (non-hydrogen) atoms. The fourth-order valence-corrected chi connectivity index (χ4v) is 8.30. The van der Waals surface area contributed by atoms with Gasteiger partial charge in [-0.15, -0.1) is 0 Å². The molecule has 0 aromatic heterocycles. The van der Waals surface area contributed by atoms with Crippen molar-refractivity contribution in [2.75, 3.05) is 0 Å². The first-order valence-corrected chi connectivity index (χ1v) is 18.7. The summed E-state index contributed by atoms with van der Waals surface area (Å²) in [4.78, 5) is 0. The Morgan fingerprint density at radius 2 is 0.537 bits per heavy atom. The number of benzene rings is 10. The predicted octanol–water partition coefficient (Wildman–Crippen LogP) is 15.1. The van der Waals surface area contributed by atoms with Crippen LogP contribution >= 0.6 is 0 Å². The molecule has 0 atom stereocenters. The molecule has 0 heterocycles. The molecule has 10 aromatic carbocycles. The van der Waals surface area contributed by atoms with Gasteiger partial charge in [0.25, 0.3) is 0 Å². The SMILES string of the molecule is c1ccc(-c2ccc(-c3c4ccccc4c(-c4c(-c5ccccc5)cc(-c5ccccc5)cc4-c4ccccc4)c4cc5ccccc5cc34)cc2)cc1. The lowest BCUT2D eigenvalue weighted by atomic mass is 9.79. The van der Waals surface area contributed by atoms with E-state index in [0.29, 0.717) is 0 Å². The van der Waals surface area contributed by atoms with E-state index in [2.05, 4.69) is 218 Å². The van der Waals surface area contributed by atoms with Crippen LogP contribution in [0.25, 0.3) is 99.1 Å². The molecule has 0 N–H and O–H groups in total. The van der Waals surface area contributed by atoms with E-state index in [1.165, 1.54) is 99.1 Å². The first kappa shape index (κ1) is 31.7. The van der Waals surface area contributed by atoms with Gasteiger partial charge in [-0.1, -0.05) is 194 Å². The number of hydrogen-bond donors (Lipinski definition) is 0. The standard InChI is InChI=1S/C54H36/c1-5-17-37(18-6-1)39-29-31-42(32-30-39)52-46-27-15-16-28-47(46)53(51-34-44-26-14-13-25-43(44)33-50(51)52)54-48(40-21-9-3-10-22-40)35-45(38-19-7-2-8-20-38)36-49(54)41-23-11-4-12-24-41/h1-36H. The quantitative estimate of drug-likeness (QED) is 0.153. The Bertz CT molecular complexity index is 2870. The molecule has 0 fully saturated rings. The lowest BCUT2D eigenvalue weighted by Crippen LogP contribution is -1.97. The smallest absolute Gasteiger partial charge is 0.00137 e. The Morgan fingerprint density at radius 3 is 1.04 bits per heavy atom. The van der Waals surface area contributed by atoms with Crippen molar-refractivity contribution < 1.29 is 0 Å². The second-order valence-electron chi connectivity index (χ2n) is 14.0. The second kappa shape index (κ2) is 13.5. The molecule has 0 spiro atoms. The molecule has 0 aliphatic rings. The van der Waals surface area contributed by atoms with Gasteiger partial charge in [-0.2, -0.15) is 0 Å². The number of fused-ring (bicyclic) bond motifs is 3. The molecule has 0 radical (unpaired) electrons. The molecule has 0 saturated heterocycles. The van der Waals surface area contributed by atoms with Crippen LogP contribution in [0.3, 0.4) is 0 Å². The topological polar surface area (TPSA) is 0 Å². The first-order valence-electron chi connectivity index (χ1n) is 18.7. The van der Waals surface area contributed by atoms with Crippen molar-refractivity contribution in [2.45, 2.75) is 0 Å². The van der Waals surface area contributed by atoms with Crippen molar-refractivity contribution >= 4 is 32.3 Å². The zero-order chi connectivity index (χ0) is 35.8. The van der Waals surface area contributed by atoms with Gasteiger partial charge in [-0.3, -0.25) is 0 Å². The van der Waals surface area contributed by atoms with E-state index in [1.807, 2.05) is 0 Å². The Morgan fingerprint density at radius 1 is 0.185 bits per heavy atom. The summed E-state index contributed by atoms with van der Waals surface area (Å²) >= 11 is 0. The maximum atomic E-state index is 2.43. The van der Waals surface area contributed by atoms with Gasteiger partial charge in [-0.05, 0) is 123 Å². The maximum absolute atomic E-state index is 2.43. The van der Waals surface area contributed by atoms with Gasteiger partial charge in [0.2, 0.25) is 0 Å². The Labute approximate surface area is 316 Å². The van der Waals surface area contributed by atoms with Crippen LogP contribution in [0.2, 0.25) is 0 Å². The van der Waals surface area contributed by atoms with Crippen LogP contribution < -0.4 is 0 Å².